The zero-order chi connectivity index (χ0) is 11.8. The number of alkyl halides is 3. The lowest BCUT2D eigenvalue weighted by atomic mass is 9.92. The van der Waals surface area contributed by atoms with Gasteiger partial charge in [-0.15, -0.1) is 0 Å². The first-order valence-corrected chi connectivity index (χ1v) is 4.98. The van der Waals surface area contributed by atoms with Crippen molar-refractivity contribution < 1.29 is 17.9 Å². The minimum absolute atomic E-state index is 0.100. The van der Waals surface area contributed by atoms with E-state index >= 15 is 0 Å². The van der Waals surface area contributed by atoms with Gasteiger partial charge in [0.05, 0.1) is 12.7 Å². The van der Waals surface area contributed by atoms with Gasteiger partial charge in [0.2, 0.25) is 0 Å². The summed E-state index contributed by atoms with van der Waals surface area (Å²) >= 11 is 0. The molecule has 0 atom stereocenters. The van der Waals surface area contributed by atoms with E-state index in [1.165, 1.54) is 19.2 Å². The number of methoxy groups -OCH3 is 1. The average molecular weight is 231 g/mol. The molecule has 16 heavy (non-hydrogen) atoms. The number of halogens is 3. The molecule has 5 heteroatoms. The third kappa shape index (κ3) is 2.00. The SMILES string of the molecule is COc1cc(C2CNC2)ccc1C(F)(F)F. The number of hydrogen-bond acceptors (Lipinski definition) is 2. The van der Waals surface area contributed by atoms with Gasteiger partial charge in [-0.05, 0) is 17.7 Å². The van der Waals surface area contributed by atoms with E-state index in [1.54, 1.807) is 0 Å². The van der Waals surface area contributed by atoms with Crippen LogP contribution in [0.4, 0.5) is 13.2 Å². The van der Waals surface area contributed by atoms with Crippen molar-refractivity contribution in [2.45, 2.75) is 12.1 Å². The predicted molar refractivity (Wildman–Crippen MR) is 53.6 cm³/mol. The summed E-state index contributed by atoms with van der Waals surface area (Å²) in [4.78, 5) is 0. The van der Waals surface area contributed by atoms with E-state index < -0.39 is 11.7 Å². The van der Waals surface area contributed by atoms with Gasteiger partial charge in [0.1, 0.15) is 5.75 Å². The fourth-order valence-electron chi connectivity index (χ4n) is 1.72. The fourth-order valence-corrected chi connectivity index (χ4v) is 1.72. The second kappa shape index (κ2) is 3.97. The molecule has 0 radical (unpaired) electrons. The van der Waals surface area contributed by atoms with Crippen LogP contribution >= 0.6 is 0 Å². The van der Waals surface area contributed by atoms with Crippen molar-refractivity contribution in [3.05, 3.63) is 29.3 Å². The third-order valence-electron chi connectivity index (χ3n) is 2.78. The Morgan fingerprint density at radius 1 is 1.31 bits per heavy atom. The van der Waals surface area contributed by atoms with Crippen molar-refractivity contribution in [3.8, 4) is 5.75 Å². The number of ether oxygens (including phenoxy) is 1. The molecule has 1 aliphatic heterocycles. The van der Waals surface area contributed by atoms with Crippen LogP contribution in [0.5, 0.6) is 5.75 Å². The Morgan fingerprint density at radius 2 is 2.00 bits per heavy atom. The van der Waals surface area contributed by atoms with Crippen LogP contribution in [0.25, 0.3) is 0 Å². The molecule has 0 amide bonds. The molecule has 2 nitrogen and oxygen atoms in total. The van der Waals surface area contributed by atoms with Gasteiger partial charge < -0.3 is 10.1 Å². The Kier molecular flexibility index (Phi) is 2.80. The maximum atomic E-state index is 12.6. The van der Waals surface area contributed by atoms with E-state index in [9.17, 15) is 13.2 Å². The highest BCUT2D eigenvalue weighted by Crippen LogP contribution is 2.37. The molecule has 0 aliphatic carbocycles. The molecule has 1 aromatic carbocycles. The molecule has 0 unspecified atom stereocenters. The van der Waals surface area contributed by atoms with Gasteiger partial charge in [0, 0.05) is 19.0 Å². The zero-order valence-electron chi connectivity index (χ0n) is 8.77. The van der Waals surface area contributed by atoms with Gasteiger partial charge in [-0.25, -0.2) is 0 Å². The number of benzene rings is 1. The monoisotopic (exact) mass is 231 g/mol. The molecule has 1 heterocycles. The number of rotatable bonds is 2. The standard InChI is InChI=1S/C11H12F3NO/c1-16-10-4-7(8-5-15-6-8)2-3-9(10)11(12,13)14/h2-4,8,15H,5-6H2,1H3. The molecule has 1 aromatic rings. The van der Waals surface area contributed by atoms with Crippen LogP contribution < -0.4 is 10.1 Å². The van der Waals surface area contributed by atoms with E-state index in [4.69, 9.17) is 4.74 Å². The van der Waals surface area contributed by atoms with Crippen LogP contribution in [-0.4, -0.2) is 20.2 Å². The van der Waals surface area contributed by atoms with Crippen molar-refractivity contribution in [2.75, 3.05) is 20.2 Å². The second-order valence-corrected chi connectivity index (χ2v) is 3.81. The van der Waals surface area contributed by atoms with Crippen molar-refractivity contribution in [2.24, 2.45) is 0 Å². The van der Waals surface area contributed by atoms with Crippen LogP contribution in [0, 0.1) is 0 Å². The van der Waals surface area contributed by atoms with Gasteiger partial charge in [-0.3, -0.25) is 0 Å². The van der Waals surface area contributed by atoms with Crippen LogP contribution in [0.1, 0.15) is 17.0 Å². The Labute approximate surface area is 91.4 Å². The molecule has 2 rings (SSSR count). The molecule has 1 saturated heterocycles. The lowest BCUT2D eigenvalue weighted by Crippen LogP contribution is -2.39. The summed E-state index contributed by atoms with van der Waals surface area (Å²) in [6.45, 7) is 1.63. The molecule has 0 bridgehead atoms. The maximum absolute atomic E-state index is 12.6. The lowest BCUT2D eigenvalue weighted by Gasteiger charge is -2.28. The molecule has 1 N–H and O–H groups in total. The molecule has 88 valence electrons. The van der Waals surface area contributed by atoms with E-state index in [0.29, 0.717) is 5.92 Å². The van der Waals surface area contributed by atoms with Gasteiger partial charge in [-0.1, -0.05) is 6.07 Å². The van der Waals surface area contributed by atoms with Crippen molar-refractivity contribution in [1.82, 2.24) is 5.32 Å². The quantitative estimate of drug-likeness (QED) is 0.843. The Hall–Kier alpha value is -1.23. The van der Waals surface area contributed by atoms with Crippen LogP contribution in [0.3, 0.4) is 0 Å². The normalized spacial score (nSPS) is 17.0. The Balaban J connectivity index is 2.34. The van der Waals surface area contributed by atoms with Crippen LogP contribution in [-0.2, 0) is 6.18 Å². The summed E-state index contributed by atoms with van der Waals surface area (Å²) in [6, 6.07) is 4.09. The third-order valence-corrected chi connectivity index (χ3v) is 2.78. The summed E-state index contributed by atoms with van der Waals surface area (Å²) in [6.07, 6.45) is -4.36. The lowest BCUT2D eigenvalue weighted by molar-refractivity contribution is -0.138. The molecule has 0 spiro atoms. The highest BCUT2D eigenvalue weighted by Gasteiger charge is 2.34. The smallest absolute Gasteiger partial charge is 0.419 e. The van der Waals surface area contributed by atoms with E-state index in [1.807, 2.05) is 0 Å². The second-order valence-electron chi connectivity index (χ2n) is 3.81. The molecule has 1 aliphatic rings. The summed E-state index contributed by atoms with van der Waals surface area (Å²) in [5.74, 6) is 0.202. The first-order chi connectivity index (χ1) is 7.52. The van der Waals surface area contributed by atoms with Crippen molar-refractivity contribution in [1.29, 1.82) is 0 Å². The highest BCUT2D eigenvalue weighted by molar-refractivity contribution is 5.41. The van der Waals surface area contributed by atoms with E-state index in [2.05, 4.69) is 5.32 Å². The van der Waals surface area contributed by atoms with Gasteiger partial charge in [-0.2, -0.15) is 13.2 Å². The van der Waals surface area contributed by atoms with Gasteiger partial charge in [0.25, 0.3) is 0 Å². The largest absolute Gasteiger partial charge is 0.496 e. The summed E-state index contributed by atoms with van der Waals surface area (Å²) < 4.78 is 42.5. The number of hydrogen-bond donors (Lipinski definition) is 1. The summed E-state index contributed by atoms with van der Waals surface area (Å²) in [5.41, 5.74) is 0.176. The van der Waals surface area contributed by atoms with E-state index in [-0.39, 0.29) is 5.75 Å². The summed E-state index contributed by atoms with van der Waals surface area (Å²) in [5, 5.41) is 3.08. The van der Waals surface area contributed by atoms with Crippen molar-refractivity contribution in [3.63, 3.8) is 0 Å². The molecular weight excluding hydrogens is 219 g/mol. The first kappa shape index (κ1) is 11.3. The fraction of sp³-hybridized carbons (Fsp3) is 0.455. The Morgan fingerprint density at radius 3 is 2.44 bits per heavy atom. The minimum atomic E-state index is -4.36. The van der Waals surface area contributed by atoms with Crippen molar-refractivity contribution >= 4 is 0 Å². The zero-order valence-corrected chi connectivity index (χ0v) is 8.77. The molecule has 1 fully saturated rings. The van der Waals surface area contributed by atoms with Gasteiger partial charge in [0.15, 0.2) is 0 Å². The molecule has 0 aromatic heterocycles. The molecular formula is C11H12F3NO. The average Bonchev–Trinajstić information content (AvgIpc) is 2.13. The minimum Gasteiger partial charge on any atom is -0.496 e. The van der Waals surface area contributed by atoms with Gasteiger partial charge >= 0.3 is 6.18 Å². The van der Waals surface area contributed by atoms with E-state index in [0.717, 1.165) is 24.7 Å². The number of nitrogens with one attached hydrogen (secondary N) is 1. The predicted octanol–water partition coefficient (Wildman–Crippen LogP) is 2.40. The summed E-state index contributed by atoms with van der Waals surface area (Å²) in [7, 11) is 1.26. The highest BCUT2D eigenvalue weighted by atomic mass is 19.4. The Bertz CT molecular complexity index is 385. The van der Waals surface area contributed by atoms with Crippen LogP contribution in [0.15, 0.2) is 18.2 Å². The van der Waals surface area contributed by atoms with Crippen LogP contribution in [0.2, 0.25) is 0 Å². The topological polar surface area (TPSA) is 21.3 Å². The first-order valence-electron chi connectivity index (χ1n) is 4.98. The maximum Gasteiger partial charge on any atom is 0.419 e. The molecule has 0 saturated carbocycles.